The molecule has 104 valence electrons. The van der Waals surface area contributed by atoms with E-state index >= 15 is 0 Å². The van der Waals surface area contributed by atoms with E-state index in [0.29, 0.717) is 24.9 Å². The summed E-state index contributed by atoms with van der Waals surface area (Å²) < 4.78 is 0. The third kappa shape index (κ3) is 3.95. The van der Waals surface area contributed by atoms with E-state index < -0.39 is 0 Å². The van der Waals surface area contributed by atoms with E-state index in [1.807, 2.05) is 4.90 Å². The van der Waals surface area contributed by atoms with Crippen LogP contribution in [0.2, 0.25) is 0 Å². The number of hydrogen-bond donors (Lipinski definition) is 2. The molecule has 0 aromatic heterocycles. The minimum absolute atomic E-state index is 0.0725. The summed E-state index contributed by atoms with van der Waals surface area (Å²) in [5, 5.41) is 12.5. The monoisotopic (exact) mass is 254 g/mol. The molecule has 0 aromatic rings. The minimum atomic E-state index is 0.0725. The van der Waals surface area contributed by atoms with Crippen LogP contribution < -0.4 is 5.32 Å². The molecule has 0 radical (unpaired) electrons. The quantitative estimate of drug-likeness (QED) is 0.747. The van der Waals surface area contributed by atoms with E-state index in [0.717, 1.165) is 19.5 Å². The summed E-state index contributed by atoms with van der Waals surface area (Å²) in [7, 11) is 0. The molecule has 1 heterocycles. The maximum Gasteiger partial charge on any atom is 0.222 e. The van der Waals surface area contributed by atoms with Crippen LogP contribution in [0.4, 0.5) is 0 Å². The lowest BCUT2D eigenvalue weighted by molar-refractivity contribution is -0.133. The number of carbonyl (C=O) groups is 1. The standard InChI is InChI=1S/C14H26N2O2/c17-9-8-16(11-13-6-3-7-15-13)14(18)10-12-4-1-2-5-12/h12-13,15,17H,1-11H2. The van der Waals surface area contributed by atoms with Gasteiger partial charge < -0.3 is 15.3 Å². The summed E-state index contributed by atoms with van der Waals surface area (Å²) >= 11 is 0. The van der Waals surface area contributed by atoms with Crippen molar-refractivity contribution in [3.63, 3.8) is 0 Å². The Kier molecular flexibility index (Phi) is 5.45. The van der Waals surface area contributed by atoms with Crippen molar-refractivity contribution in [1.82, 2.24) is 10.2 Å². The van der Waals surface area contributed by atoms with Crippen molar-refractivity contribution in [2.45, 2.75) is 51.0 Å². The first-order valence-electron chi connectivity index (χ1n) is 7.41. The van der Waals surface area contributed by atoms with E-state index in [2.05, 4.69) is 5.32 Å². The Labute approximate surface area is 110 Å². The van der Waals surface area contributed by atoms with E-state index in [9.17, 15) is 4.79 Å². The smallest absolute Gasteiger partial charge is 0.222 e. The van der Waals surface area contributed by atoms with Gasteiger partial charge >= 0.3 is 0 Å². The Balaban J connectivity index is 1.80. The van der Waals surface area contributed by atoms with Crippen LogP contribution in [0, 0.1) is 5.92 Å². The number of nitrogens with zero attached hydrogens (tertiary/aromatic N) is 1. The first-order valence-corrected chi connectivity index (χ1v) is 7.41. The van der Waals surface area contributed by atoms with Gasteiger partial charge in [-0.25, -0.2) is 0 Å². The van der Waals surface area contributed by atoms with Crippen molar-refractivity contribution < 1.29 is 9.90 Å². The number of aliphatic hydroxyl groups excluding tert-OH is 1. The maximum atomic E-state index is 12.3. The van der Waals surface area contributed by atoms with Gasteiger partial charge in [-0.15, -0.1) is 0 Å². The normalized spacial score (nSPS) is 24.6. The van der Waals surface area contributed by atoms with Gasteiger partial charge in [-0.1, -0.05) is 12.8 Å². The fourth-order valence-electron chi connectivity index (χ4n) is 3.21. The van der Waals surface area contributed by atoms with Crippen LogP contribution in [-0.4, -0.2) is 48.2 Å². The zero-order chi connectivity index (χ0) is 12.8. The molecule has 2 fully saturated rings. The van der Waals surface area contributed by atoms with Crippen LogP contribution in [0.5, 0.6) is 0 Å². The molecular formula is C14H26N2O2. The Hall–Kier alpha value is -0.610. The highest BCUT2D eigenvalue weighted by Gasteiger charge is 2.24. The summed E-state index contributed by atoms with van der Waals surface area (Å²) in [5.74, 6) is 0.833. The van der Waals surface area contributed by atoms with Crippen molar-refractivity contribution >= 4 is 5.91 Å². The molecule has 2 aliphatic rings. The summed E-state index contributed by atoms with van der Waals surface area (Å²) in [6.07, 6.45) is 8.02. The van der Waals surface area contributed by atoms with Gasteiger partial charge in [-0.05, 0) is 38.1 Å². The molecular weight excluding hydrogens is 228 g/mol. The third-order valence-corrected chi connectivity index (χ3v) is 4.26. The average molecular weight is 254 g/mol. The highest BCUT2D eigenvalue weighted by molar-refractivity contribution is 5.76. The van der Waals surface area contributed by atoms with Crippen LogP contribution in [0.25, 0.3) is 0 Å². The fraction of sp³-hybridized carbons (Fsp3) is 0.929. The van der Waals surface area contributed by atoms with Crippen LogP contribution >= 0.6 is 0 Å². The second-order valence-corrected chi connectivity index (χ2v) is 5.71. The minimum Gasteiger partial charge on any atom is -0.395 e. The lowest BCUT2D eigenvalue weighted by atomic mass is 10.0. The second kappa shape index (κ2) is 7.10. The van der Waals surface area contributed by atoms with Gasteiger partial charge in [0, 0.05) is 25.6 Å². The number of aliphatic hydroxyl groups is 1. The summed E-state index contributed by atoms with van der Waals surface area (Å²) in [6, 6.07) is 0.434. The molecule has 4 nitrogen and oxygen atoms in total. The zero-order valence-electron chi connectivity index (χ0n) is 11.2. The van der Waals surface area contributed by atoms with Gasteiger partial charge in [0.05, 0.1) is 6.61 Å². The largest absolute Gasteiger partial charge is 0.395 e. The predicted octanol–water partition coefficient (Wildman–Crippen LogP) is 1.14. The Morgan fingerprint density at radius 1 is 1.22 bits per heavy atom. The van der Waals surface area contributed by atoms with E-state index in [1.54, 1.807) is 0 Å². The van der Waals surface area contributed by atoms with Gasteiger partial charge in [0.25, 0.3) is 0 Å². The molecule has 1 aliphatic heterocycles. The molecule has 1 aliphatic carbocycles. The summed E-state index contributed by atoms with van der Waals surface area (Å²) in [4.78, 5) is 14.1. The lowest BCUT2D eigenvalue weighted by Gasteiger charge is -2.26. The van der Waals surface area contributed by atoms with E-state index in [1.165, 1.54) is 32.1 Å². The number of rotatable bonds is 6. The van der Waals surface area contributed by atoms with E-state index in [4.69, 9.17) is 5.11 Å². The van der Waals surface area contributed by atoms with Gasteiger partial charge in [0.2, 0.25) is 5.91 Å². The number of amides is 1. The van der Waals surface area contributed by atoms with Gasteiger partial charge in [-0.3, -0.25) is 4.79 Å². The van der Waals surface area contributed by atoms with Crippen molar-refractivity contribution in [2.75, 3.05) is 26.2 Å². The first kappa shape index (κ1) is 13.8. The molecule has 0 spiro atoms. The third-order valence-electron chi connectivity index (χ3n) is 4.26. The lowest BCUT2D eigenvalue weighted by Crippen LogP contribution is -2.42. The van der Waals surface area contributed by atoms with Crippen molar-refractivity contribution in [2.24, 2.45) is 5.92 Å². The van der Waals surface area contributed by atoms with Crippen molar-refractivity contribution in [3.8, 4) is 0 Å². The molecule has 0 bridgehead atoms. The SMILES string of the molecule is O=C(CC1CCCC1)N(CCO)CC1CCCN1. The molecule has 18 heavy (non-hydrogen) atoms. The maximum absolute atomic E-state index is 12.3. The highest BCUT2D eigenvalue weighted by atomic mass is 16.3. The second-order valence-electron chi connectivity index (χ2n) is 5.71. The van der Waals surface area contributed by atoms with Crippen LogP contribution in [-0.2, 0) is 4.79 Å². The number of carbonyl (C=O) groups excluding carboxylic acids is 1. The molecule has 4 heteroatoms. The van der Waals surface area contributed by atoms with Crippen molar-refractivity contribution in [3.05, 3.63) is 0 Å². The topological polar surface area (TPSA) is 52.6 Å². The number of hydrogen-bond acceptors (Lipinski definition) is 3. The molecule has 1 saturated carbocycles. The Morgan fingerprint density at radius 3 is 2.61 bits per heavy atom. The Morgan fingerprint density at radius 2 is 2.00 bits per heavy atom. The van der Waals surface area contributed by atoms with Gasteiger partial charge in [-0.2, -0.15) is 0 Å². The predicted molar refractivity (Wildman–Crippen MR) is 71.3 cm³/mol. The molecule has 1 unspecified atom stereocenters. The molecule has 1 saturated heterocycles. The summed E-state index contributed by atoms with van der Waals surface area (Å²) in [5.41, 5.74) is 0. The van der Waals surface area contributed by atoms with E-state index in [-0.39, 0.29) is 12.5 Å². The molecule has 1 amide bonds. The molecule has 0 aromatic carbocycles. The summed E-state index contributed by atoms with van der Waals surface area (Å²) in [6.45, 7) is 2.40. The van der Waals surface area contributed by atoms with Crippen LogP contribution in [0.1, 0.15) is 44.9 Å². The zero-order valence-corrected chi connectivity index (χ0v) is 11.2. The highest BCUT2D eigenvalue weighted by Crippen LogP contribution is 2.28. The van der Waals surface area contributed by atoms with Crippen LogP contribution in [0.3, 0.4) is 0 Å². The fourth-order valence-corrected chi connectivity index (χ4v) is 3.21. The van der Waals surface area contributed by atoms with Gasteiger partial charge in [0.1, 0.15) is 0 Å². The molecule has 2 rings (SSSR count). The van der Waals surface area contributed by atoms with Gasteiger partial charge in [0.15, 0.2) is 0 Å². The van der Waals surface area contributed by atoms with Crippen LogP contribution in [0.15, 0.2) is 0 Å². The number of nitrogens with one attached hydrogen (secondary N) is 1. The van der Waals surface area contributed by atoms with Crippen molar-refractivity contribution in [1.29, 1.82) is 0 Å². The molecule has 1 atom stereocenters. The first-order chi connectivity index (χ1) is 8.79. The Bertz CT molecular complexity index is 259. The average Bonchev–Trinajstić information content (AvgIpc) is 3.01. The molecule has 2 N–H and O–H groups in total.